The highest BCUT2D eigenvalue weighted by molar-refractivity contribution is 5.72. The number of ether oxygens (including phenoxy) is 1. The smallest absolute Gasteiger partial charge is 0.128 e. The Kier molecular flexibility index (Phi) is 3.21. The van der Waals surface area contributed by atoms with Gasteiger partial charge in [0.2, 0.25) is 0 Å². The lowest BCUT2D eigenvalue weighted by Gasteiger charge is -2.04. The molecule has 0 spiro atoms. The van der Waals surface area contributed by atoms with E-state index in [1.807, 2.05) is 36.4 Å². The molecular formula is C16H13FN2O. The van der Waals surface area contributed by atoms with Gasteiger partial charge in [-0.25, -0.2) is 4.39 Å². The van der Waals surface area contributed by atoms with E-state index >= 15 is 0 Å². The molecule has 4 heteroatoms. The molecule has 1 heterocycles. The molecule has 0 saturated carbocycles. The molecule has 0 radical (unpaired) electrons. The Hall–Kier alpha value is -2.62. The molecule has 3 nitrogen and oxygen atoms in total. The van der Waals surface area contributed by atoms with Gasteiger partial charge >= 0.3 is 0 Å². The van der Waals surface area contributed by atoms with Gasteiger partial charge in [-0.05, 0) is 30.3 Å². The molecule has 0 amide bonds. The van der Waals surface area contributed by atoms with Gasteiger partial charge in [0.05, 0.1) is 18.5 Å². The second kappa shape index (κ2) is 5.17. The van der Waals surface area contributed by atoms with Gasteiger partial charge in [0.15, 0.2) is 0 Å². The molecule has 0 bridgehead atoms. The second-order valence-electron chi connectivity index (χ2n) is 4.38. The molecule has 3 rings (SSSR count). The van der Waals surface area contributed by atoms with Gasteiger partial charge in [-0.3, -0.25) is 5.10 Å². The lowest BCUT2D eigenvalue weighted by atomic mass is 10.1. The molecule has 1 N–H and O–H groups in total. The van der Waals surface area contributed by atoms with E-state index in [1.165, 1.54) is 12.1 Å². The van der Waals surface area contributed by atoms with E-state index in [2.05, 4.69) is 10.2 Å². The number of hydrogen-bond acceptors (Lipinski definition) is 2. The molecule has 0 atom stereocenters. The van der Waals surface area contributed by atoms with Crippen LogP contribution in [-0.4, -0.2) is 17.3 Å². The van der Waals surface area contributed by atoms with Gasteiger partial charge in [-0.1, -0.05) is 24.3 Å². The van der Waals surface area contributed by atoms with Gasteiger partial charge in [-0.15, -0.1) is 0 Å². The molecule has 0 aliphatic heterocycles. The lowest BCUT2D eigenvalue weighted by Crippen LogP contribution is -1.87. The number of halogens is 1. The number of H-pyrrole nitrogens is 1. The number of aromatic amines is 1. The topological polar surface area (TPSA) is 37.9 Å². The molecule has 0 saturated heterocycles. The summed E-state index contributed by atoms with van der Waals surface area (Å²) in [6.07, 6.45) is 0. The normalized spacial score (nSPS) is 10.5. The fraction of sp³-hybridized carbons (Fsp3) is 0.0625. The zero-order valence-corrected chi connectivity index (χ0v) is 10.9. The summed E-state index contributed by atoms with van der Waals surface area (Å²) in [4.78, 5) is 0. The van der Waals surface area contributed by atoms with Gasteiger partial charge in [0.1, 0.15) is 11.6 Å². The number of benzene rings is 2. The molecule has 0 fully saturated rings. The predicted octanol–water partition coefficient (Wildman–Crippen LogP) is 3.89. The third kappa shape index (κ3) is 2.28. The van der Waals surface area contributed by atoms with Crippen molar-refractivity contribution in [1.82, 2.24) is 10.2 Å². The number of nitrogens with zero attached hydrogens (tertiary/aromatic N) is 1. The van der Waals surface area contributed by atoms with Crippen molar-refractivity contribution in [2.75, 3.05) is 7.11 Å². The van der Waals surface area contributed by atoms with Crippen molar-refractivity contribution in [2.45, 2.75) is 0 Å². The Balaban J connectivity index is 2.02. The van der Waals surface area contributed by atoms with E-state index in [1.54, 1.807) is 13.2 Å². The van der Waals surface area contributed by atoms with Crippen molar-refractivity contribution in [3.63, 3.8) is 0 Å². The van der Waals surface area contributed by atoms with Crippen molar-refractivity contribution in [3.05, 3.63) is 60.4 Å². The quantitative estimate of drug-likeness (QED) is 0.782. The highest BCUT2D eigenvalue weighted by Crippen LogP contribution is 2.30. The third-order valence-corrected chi connectivity index (χ3v) is 3.10. The lowest BCUT2D eigenvalue weighted by molar-refractivity contribution is 0.416. The number of hydrogen-bond donors (Lipinski definition) is 1. The van der Waals surface area contributed by atoms with Crippen LogP contribution in [0.15, 0.2) is 54.6 Å². The zero-order chi connectivity index (χ0) is 13.9. The van der Waals surface area contributed by atoms with Crippen LogP contribution >= 0.6 is 0 Å². The van der Waals surface area contributed by atoms with Crippen molar-refractivity contribution >= 4 is 0 Å². The van der Waals surface area contributed by atoms with Gasteiger partial charge in [-0.2, -0.15) is 5.10 Å². The number of nitrogens with one attached hydrogen (secondary N) is 1. The van der Waals surface area contributed by atoms with E-state index in [0.29, 0.717) is 0 Å². The minimum Gasteiger partial charge on any atom is -0.496 e. The standard InChI is InChI=1S/C16H13FN2O/c1-20-16-8-3-2-7-13(16)15-10-14(18-19-15)11-5-4-6-12(17)9-11/h2-10H,1H3,(H,18,19). The SMILES string of the molecule is COc1ccccc1-c1cc(-c2cccc(F)c2)[nH]n1. The fourth-order valence-corrected chi connectivity index (χ4v) is 2.12. The summed E-state index contributed by atoms with van der Waals surface area (Å²) in [6.45, 7) is 0. The molecule has 100 valence electrons. The van der Waals surface area contributed by atoms with Gasteiger partial charge < -0.3 is 4.74 Å². The Morgan fingerprint density at radius 3 is 2.70 bits per heavy atom. The zero-order valence-electron chi connectivity index (χ0n) is 10.9. The molecule has 3 aromatic rings. The Morgan fingerprint density at radius 2 is 1.90 bits per heavy atom. The summed E-state index contributed by atoms with van der Waals surface area (Å²) in [7, 11) is 1.62. The van der Waals surface area contributed by atoms with Crippen LogP contribution in [0.4, 0.5) is 4.39 Å². The molecule has 2 aromatic carbocycles. The van der Waals surface area contributed by atoms with E-state index < -0.39 is 0 Å². The minimum atomic E-state index is -0.268. The van der Waals surface area contributed by atoms with Crippen LogP contribution in [0.25, 0.3) is 22.5 Å². The van der Waals surface area contributed by atoms with E-state index in [0.717, 1.165) is 28.3 Å². The average Bonchev–Trinajstić information content (AvgIpc) is 2.97. The number of aromatic nitrogens is 2. The first kappa shape index (κ1) is 12.4. The van der Waals surface area contributed by atoms with Crippen molar-refractivity contribution in [2.24, 2.45) is 0 Å². The van der Waals surface area contributed by atoms with Crippen molar-refractivity contribution in [1.29, 1.82) is 0 Å². The molecule has 0 aliphatic carbocycles. The summed E-state index contributed by atoms with van der Waals surface area (Å²) in [5.74, 6) is 0.487. The van der Waals surface area contributed by atoms with Crippen LogP contribution in [0, 0.1) is 5.82 Å². The second-order valence-corrected chi connectivity index (χ2v) is 4.38. The summed E-state index contributed by atoms with van der Waals surface area (Å²) < 4.78 is 18.6. The van der Waals surface area contributed by atoms with Crippen LogP contribution in [0.2, 0.25) is 0 Å². The van der Waals surface area contributed by atoms with Crippen LogP contribution in [0.1, 0.15) is 0 Å². The van der Waals surface area contributed by atoms with Crippen LogP contribution in [0.3, 0.4) is 0 Å². The number of rotatable bonds is 3. The van der Waals surface area contributed by atoms with E-state index in [4.69, 9.17) is 4.74 Å². The summed E-state index contributed by atoms with van der Waals surface area (Å²) in [5.41, 5.74) is 3.19. The molecule has 0 unspecified atom stereocenters. The maximum atomic E-state index is 13.2. The highest BCUT2D eigenvalue weighted by atomic mass is 19.1. The Labute approximate surface area is 116 Å². The third-order valence-electron chi connectivity index (χ3n) is 3.10. The van der Waals surface area contributed by atoms with Gasteiger partial charge in [0.25, 0.3) is 0 Å². The van der Waals surface area contributed by atoms with Crippen LogP contribution in [0.5, 0.6) is 5.75 Å². The molecular weight excluding hydrogens is 255 g/mol. The van der Waals surface area contributed by atoms with E-state index in [9.17, 15) is 4.39 Å². The van der Waals surface area contributed by atoms with Crippen LogP contribution in [-0.2, 0) is 0 Å². The Morgan fingerprint density at radius 1 is 1.05 bits per heavy atom. The Bertz CT molecular complexity index is 737. The van der Waals surface area contributed by atoms with Crippen molar-refractivity contribution in [3.8, 4) is 28.3 Å². The highest BCUT2D eigenvalue weighted by Gasteiger charge is 2.10. The van der Waals surface area contributed by atoms with Crippen LogP contribution < -0.4 is 4.74 Å². The maximum Gasteiger partial charge on any atom is 0.128 e. The summed E-state index contributed by atoms with van der Waals surface area (Å²) in [5, 5.41) is 7.20. The van der Waals surface area contributed by atoms with Crippen molar-refractivity contribution < 1.29 is 9.13 Å². The minimum absolute atomic E-state index is 0.268. The first-order valence-corrected chi connectivity index (χ1v) is 6.22. The first-order chi connectivity index (χ1) is 9.78. The molecule has 0 aliphatic rings. The maximum absolute atomic E-state index is 13.2. The molecule has 20 heavy (non-hydrogen) atoms. The summed E-state index contributed by atoms with van der Waals surface area (Å²) in [6, 6.07) is 15.9. The number of methoxy groups -OCH3 is 1. The van der Waals surface area contributed by atoms with E-state index in [-0.39, 0.29) is 5.82 Å². The summed E-state index contributed by atoms with van der Waals surface area (Å²) >= 11 is 0. The number of para-hydroxylation sites is 1. The monoisotopic (exact) mass is 268 g/mol. The average molecular weight is 268 g/mol. The predicted molar refractivity (Wildman–Crippen MR) is 76.0 cm³/mol. The molecule has 1 aromatic heterocycles. The first-order valence-electron chi connectivity index (χ1n) is 6.22. The fourth-order valence-electron chi connectivity index (χ4n) is 2.12. The van der Waals surface area contributed by atoms with Gasteiger partial charge in [0, 0.05) is 11.1 Å². The largest absolute Gasteiger partial charge is 0.496 e.